The van der Waals surface area contributed by atoms with Crippen molar-refractivity contribution in [3.8, 4) is 11.5 Å². The summed E-state index contributed by atoms with van der Waals surface area (Å²) >= 11 is 12.2. The van der Waals surface area contributed by atoms with Gasteiger partial charge in [-0.05, 0) is 59.5 Å². The van der Waals surface area contributed by atoms with Crippen molar-refractivity contribution in [3.05, 3.63) is 93.5 Å². The monoisotopic (exact) mass is 537 g/mol. The first-order chi connectivity index (χ1) is 17.9. The highest BCUT2D eigenvalue weighted by molar-refractivity contribution is 6.30. The van der Waals surface area contributed by atoms with Crippen molar-refractivity contribution < 1.29 is 14.3 Å². The molecule has 0 fully saturated rings. The minimum atomic E-state index is -0.243. The van der Waals surface area contributed by atoms with E-state index < -0.39 is 0 Å². The van der Waals surface area contributed by atoms with Crippen LogP contribution in [0, 0.1) is 0 Å². The molecule has 0 radical (unpaired) electrons. The van der Waals surface area contributed by atoms with E-state index in [0.717, 1.165) is 23.1 Å². The maximum absolute atomic E-state index is 12.8. The van der Waals surface area contributed by atoms with Crippen molar-refractivity contribution in [1.82, 2.24) is 14.8 Å². The average molecular weight is 538 g/mol. The third kappa shape index (κ3) is 5.50. The van der Waals surface area contributed by atoms with Gasteiger partial charge in [-0.2, -0.15) is 4.98 Å². The van der Waals surface area contributed by atoms with Crippen LogP contribution in [0.25, 0.3) is 0 Å². The van der Waals surface area contributed by atoms with Crippen LogP contribution < -0.4 is 20.1 Å². The number of aromatic nitrogens is 3. The average Bonchev–Trinajstić information content (AvgIpc) is 3.31. The maximum Gasteiger partial charge on any atom is 0.250 e. The molecule has 3 aromatic carbocycles. The normalized spacial score (nSPS) is 16.4. The minimum Gasteiger partial charge on any atom is -0.493 e. The lowest BCUT2D eigenvalue weighted by Crippen LogP contribution is -2.28. The molecule has 1 aromatic heterocycles. The number of methoxy groups -OCH3 is 2. The van der Waals surface area contributed by atoms with E-state index in [-0.39, 0.29) is 30.4 Å². The lowest BCUT2D eigenvalue weighted by Gasteiger charge is -2.31. The Balaban J connectivity index is 1.39. The molecule has 0 aliphatic carbocycles. The van der Waals surface area contributed by atoms with Crippen LogP contribution in [0.3, 0.4) is 0 Å². The van der Waals surface area contributed by atoms with Crippen molar-refractivity contribution in [3.63, 3.8) is 0 Å². The Morgan fingerprint density at radius 2 is 1.62 bits per heavy atom. The molecule has 0 spiro atoms. The standard InChI is InChI=1S/C27H25Cl2N5O3/c1-36-23-12-3-16(13-24(23)37-2)14-25(35)31-26-32-27-30-21(17-4-8-19(28)9-5-17)15-22(34(27)33-26)18-6-10-20(29)11-7-18/h3-13,21-22H,14-15H2,1-2H3,(H2,30,31,32,33,35)/t21-,22+/m0/s1. The van der Waals surface area contributed by atoms with E-state index in [1.165, 1.54) is 0 Å². The number of rotatable bonds is 7. The summed E-state index contributed by atoms with van der Waals surface area (Å²) in [6, 6.07) is 20.7. The van der Waals surface area contributed by atoms with Gasteiger partial charge in [-0.1, -0.05) is 53.5 Å². The van der Waals surface area contributed by atoms with Crippen LogP contribution in [0.4, 0.5) is 11.9 Å². The fraction of sp³-hybridized carbons (Fsp3) is 0.222. The first kappa shape index (κ1) is 24.9. The number of nitrogens with one attached hydrogen (secondary N) is 2. The molecule has 190 valence electrons. The summed E-state index contributed by atoms with van der Waals surface area (Å²) < 4.78 is 12.4. The molecule has 0 saturated carbocycles. The Bertz CT molecular complexity index is 1410. The van der Waals surface area contributed by atoms with Crippen LogP contribution in [-0.4, -0.2) is 34.9 Å². The number of anilines is 2. The summed E-state index contributed by atoms with van der Waals surface area (Å²) in [6.45, 7) is 0. The summed E-state index contributed by atoms with van der Waals surface area (Å²) in [4.78, 5) is 17.4. The van der Waals surface area contributed by atoms with E-state index in [2.05, 4.69) is 20.7 Å². The highest BCUT2D eigenvalue weighted by Gasteiger charge is 2.31. The molecule has 2 atom stereocenters. The fourth-order valence-electron chi connectivity index (χ4n) is 4.45. The number of carbonyl (C=O) groups is 1. The van der Waals surface area contributed by atoms with E-state index >= 15 is 0 Å². The zero-order valence-electron chi connectivity index (χ0n) is 20.2. The Kier molecular flexibility index (Phi) is 7.21. The van der Waals surface area contributed by atoms with E-state index in [1.54, 1.807) is 26.4 Å². The molecule has 10 heteroatoms. The minimum absolute atomic E-state index is 0.0232. The number of nitrogens with zero attached hydrogens (tertiary/aromatic N) is 3. The quantitative estimate of drug-likeness (QED) is 0.303. The van der Waals surface area contributed by atoms with Crippen molar-refractivity contribution >= 4 is 41.0 Å². The predicted octanol–water partition coefficient (Wildman–Crippen LogP) is 5.93. The molecule has 0 saturated heterocycles. The number of benzene rings is 3. The zero-order chi connectivity index (χ0) is 25.9. The van der Waals surface area contributed by atoms with Crippen LogP contribution in [0.15, 0.2) is 66.7 Å². The summed E-state index contributed by atoms with van der Waals surface area (Å²) in [5.41, 5.74) is 2.90. The van der Waals surface area contributed by atoms with Crippen molar-refractivity contribution in [2.75, 3.05) is 24.9 Å². The molecule has 1 aliphatic heterocycles. The van der Waals surface area contributed by atoms with E-state index in [4.69, 9.17) is 32.7 Å². The third-order valence-electron chi connectivity index (χ3n) is 6.28. The van der Waals surface area contributed by atoms with Gasteiger partial charge in [-0.25, -0.2) is 4.68 Å². The second-order valence-corrected chi connectivity index (χ2v) is 9.54. The smallest absolute Gasteiger partial charge is 0.250 e. The van der Waals surface area contributed by atoms with Crippen LogP contribution in [-0.2, 0) is 11.2 Å². The SMILES string of the molecule is COc1ccc(CC(=O)Nc2nc3n(n2)[C@@H](c2ccc(Cl)cc2)C[C@@H](c2ccc(Cl)cc2)N3)cc1OC. The molecule has 8 nitrogen and oxygen atoms in total. The van der Waals surface area contributed by atoms with Gasteiger partial charge < -0.3 is 14.8 Å². The number of fused-ring (bicyclic) bond motifs is 1. The van der Waals surface area contributed by atoms with Gasteiger partial charge in [-0.3, -0.25) is 10.1 Å². The van der Waals surface area contributed by atoms with Gasteiger partial charge in [0.05, 0.1) is 32.7 Å². The molecular weight excluding hydrogens is 513 g/mol. The third-order valence-corrected chi connectivity index (χ3v) is 6.78. The fourth-order valence-corrected chi connectivity index (χ4v) is 4.70. The molecule has 1 aliphatic rings. The van der Waals surface area contributed by atoms with Gasteiger partial charge in [0, 0.05) is 10.0 Å². The van der Waals surface area contributed by atoms with Crippen LogP contribution >= 0.6 is 23.2 Å². The summed E-state index contributed by atoms with van der Waals surface area (Å²) in [5, 5.41) is 12.2. The number of ether oxygens (including phenoxy) is 2. The maximum atomic E-state index is 12.8. The molecule has 5 rings (SSSR count). The van der Waals surface area contributed by atoms with E-state index in [0.29, 0.717) is 27.5 Å². The number of hydrogen-bond donors (Lipinski definition) is 2. The van der Waals surface area contributed by atoms with Gasteiger partial charge in [0.2, 0.25) is 11.9 Å². The lowest BCUT2D eigenvalue weighted by atomic mass is 9.93. The lowest BCUT2D eigenvalue weighted by molar-refractivity contribution is -0.115. The van der Waals surface area contributed by atoms with Gasteiger partial charge in [0.25, 0.3) is 5.95 Å². The van der Waals surface area contributed by atoms with Gasteiger partial charge >= 0.3 is 0 Å². The number of amides is 1. The molecular formula is C27H25Cl2N5O3. The van der Waals surface area contributed by atoms with Gasteiger partial charge in [-0.15, -0.1) is 5.10 Å². The largest absolute Gasteiger partial charge is 0.493 e. The molecule has 2 N–H and O–H groups in total. The number of halogens is 2. The Morgan fingerprint density at radius 1 is 0.973 bits per heavy atom. The Labute approximate surface area is 224 Å². The van der Waals surface area contributed by atoms with E-state index in [1.807, 2.05) is 59.3 Å². The Hall–Kier alpha value is -3.75. The molecule has 0 unspecified atom stereocenters. The highest BCUT2D eigenvalue weighted by Crippen LogP contribution is 2.38. The molecule has 0 bridgehead atoms. The van der Waals surface area contributed by atoms with Crippen molar-refractivity contribution in [2.24, 2.45) is 0 Å². The summed E-state index contributed by atoms with van der Waals surface area (Å²) in [6.07, 6.45) is 0.852. The number of hydrogen-bond acceptors (Lipinski definition) is 6. The summed E-state index contributed by atoms with van der Waals surface area (Å²) in [7, 11) is 3.13. The van der Waals surface area contributed by atoms with Gasteiger partial charge in [0.15, 0.2) is 11.5 Å². The second kappa shape index (κ2) is 10.7. The zero-order valence-corrected chi connectivity index (χ0v) is 21.8. The topological polar surface area (TPSA) is 90.3 Å². The second-order valence-electron chi connectivity index (χ2n) is 8.67. The first-order valence-electron chi connectivity index (χ1n) is 11.7. The molecule has 37 heavy (non-hydrogen) atoms. The molecule has 2 heterocycles. The Morgan fingerprint density at radius 3 is 2.27 bits per heavy atom. The van der Waals surface area contributed by atoms with E-state index in [9.17, 15) is 4.79 Å². The predicted molar refractivity (Wildman–Crippen MR) is 144 cm³/mol. The van der Waals surface area contributed by atoms with Crippen molar-refractivity contribution in [1.29, 1.82) is 0 Å². The van der Waals surface area contributed by atoms with Crippen LogP contribution in [0.2, 0.25) is 10.0 Å². The van der Waals surface area contributed by atoms with Gasteiger partial charge in [0.1, 0.15) is 0 Å². The molecule has 4 aromatic rings. The highest BCUT2D eigenvalue weighted by atomic mass is 35.5. The van der Waals surface area contributed by atoms with Crippen LogP contribution in [0.5, 0.6) is 11.5 Å². The number of carbonyl (C=O) groups excluding carboxylic acids is 1. The summed E-state index contributed by atoms with van der Waals surface area (Å²) in [5.74, 6) is 1.71. The molecule has 1 amide bonds. The first-order valence-corrected chi connectivity index (χ1v) is 12.4. The van der Waals surface area contributed by atoms with Crippen LogP contribution in [0.1, 0.15) is 35.2 Å². The van der Waals surface area contributed by atoms with Crippen molar-refractivity contribution in [2.45, 2.75) is 24.9 Å².